The van der Waals surface area contributed by atoms with Gasteiger partial charge in [0.1, 0.15) is 0 Å². The lowest BCUT2D eigenvalue weighted by Gasteiger charge is -2.24. The van der Waals surface area contributed by atoms with Crippen molar-refractivity contribution in [3.8, 4) is 0 Å². The molecular formula is C37H30N6O3S3. The van der Waals surface area contributed by atoms with E-state index in [0.717, 1.165) is 28.9 Å². The number of anilines is 2. The zero-order valence-corrected chi connectivity index (χ0v) is 28.5. The summed E-state index contributed by atoms with van der Waals surface area (Å²) in [7, 11) is -3.79. The average molecular weight is 703 g/mol. The molecule has 7 rings (SSSR count). The van der Waals surface area contributed by atoms with Crippen LogP contribution >= 0.6 is 23.1 Å². The number of amides is 1. The highest BCUT2D eigenvalue weighted by Gasteiger charge is 2.33. The van der Waals surface area contributed by atoms with E-state index >= 15 is 0 Å². The molecule has 3 heterocycles. The van der Waals surface area contributed by atoms with E-state index in [0.29, 0.717) is 15.8 Å². The maximum absolute atomic E-state index is 13.5. The average Bonchev–Trinajstić information content (AvgIpc) is 3.87. The summed E-state index contributed by atoms with van der Waals surface area (Å²) in [5.41, 5.74) is 5.66. The minimum atomic E-state index is -3.79. The number of amidine groups is 1. The van der Waals surface area contributed by atoms with Crippen molar-refractivity contribution >= 4 is 72.5 Å². The molecule has 4 aromatic carbocycles. The van der Waals surface area contributed by atoms with Crippen LogP contribution in [0.15, 0.2) is 153 Å². The van der Waals surface area contributed by atoms with Crippen LogP contribution in [0.2, 0.25) is 0 Å². The molecule has 1 aromatic heterocycles. The number of hydrazone groups is 1. The number of rotatable bonds is 10. The van der Waals surface area contributed by atoms with E-state index in [9.17, 15) is 13.2 Å². The molecule has 9 nitrogen and oxygen atoms in total. The van der Waals surface area contributed by atoms with E-state index in [-0.39, 0.29) is 28.5 Å². The molecule has 0 radical (unpaired) electrons. The van der Waals surface area contributed by atoms with Crippen LogP contribution in [0.5, 0.6) is 0 Å². The van der Waals surface area contributed by atoms with E-state index < -0.39 is 10.0 Å². The van der Waals surface area contributed by atoms with Crippen molar-refractivity contribution in [3.63, 3.8) is 0 Å². The molecule has 1 amide bonds. The van der Waals surface area contributed by atoms with Gasteiger partial charge in [-0.15, -0.1) is 17.9 Å². The number of aliphatic imine (C=N–C) groups is 1. The summed E-state index contributed by atoms with van der Waals surface area (Å²) in [6.45, 7) is 4.09. The maximum Gasteiger partial charge on any atom is 0.267 e. The maximum atomic E-state index is 13.5. The fraction of sp³-hybridized carbons (Fsp3) is 0.0811. The summed E-state index contributed by atoms with van der Waals surface area (Å²) in [5.74, 6) is -0.180. The Morgan fingerprint density at radius 2 is 1.65 bits per heavy atom. The van der Waals surface area contributed by atoms with Gasteiger partial charge in [-0.25, -0.2) is 18.4 Å². The van der Waals surface area contributed by atoms with Gasteiger partial charge in [0.25, 0.3) is 15.9 Å². The van der Waals surface area contributed by atoms with Gasteiger partial charge < -0.3 is 0 Å². The summed E-state index contributed by atoms with van der Waals surface area (Å²) in [6, 6.07) is 34.9. The number of carbonyl (C=O) groups excluding carboxylic acids is 1. The topological polar surface area (TPSA) is 107 Å². The highest BCUT2D eigenvalue weighted by molar-refractivity contribution is 8.18. The first-order chi connectivity index (χ1) is 23.9. The SMILES string of the molecule is C=CCN1C(=O)C(=Cc2ccc(N3N=C(c4ccccc4)CC3c3ccccc3)cc2)SC1=Nc1ccc(S(=O)(=O)Nc2nccs2)cc1. The number of carbonyl (C=O) groups is 1. The second-order valence-corrected chi connectivity index (χ2v) is 14.7. The highest BCUT2D eigenvalue weighted by Crippen LogP contribution is 2.38. The smallest absolute Gasteiger partial charge is 0.267 e. The Labute approximate surface area is 293 Å². The summed E-state index contributed by atoms with van der Waals surface area (Å²) in [4.78, 5) is 24.3. The molecule has 1 atom stereocenters. The van der Waals surface area contributed by atoms with Crippen LogP contribution in [-0.2, 0) is 14.8 Å². The Bertz CT molecular complexity index is 2170. The van der Waals surface area contributed by atoms with Gasteiger partial charge in [-0.2, -0.15) is 5.10 Å². The van der Waals surface area contributed by atoms with Gasteiger partial charge in [0.05, 0.1) is 32.9 Å². The second-order valence-electron chi connectivity index (χ2n) is 11.1. The molecule has 1 saturated heterocycles. The van der Waals surface area contributed by atoms with E-state index in [1.54, 1.807) is 28.5 Å². The fourth-order valence-electron chi connectivity index (χ4n) is 5.50. The highest BCUT2D eigenvalue weighted by atomic mass is 32.2. The van der Waals surface area contributed by atoms with Crippen molar-refractivity contribution in [3.05, 3.63) is 155 Å². The molecule has 1 unspecified atom stereocenters. The number of hydrogen-bond donors (Lipinski definition) is 1. The van der Waals surface area contributed by atoms with E-state index in [2.05, 4.69) is 62.7 Å². The normalized spacial score (nSPS) is 17.9. The lowest BCUT2D eigenvalue weighted by molar-refractivity contribution is -0.121. The fourth-order valence-corrected chi connectivity index (χ4v) is 8.30. The lowest BCUT2D eigenvalue weighted by Crippen LogP contribution is -2.29. The van der Waals surface area contributed by atoms with E-state index in [1.807, 2.05) is 54.6 Å². The third kappa shape index (κ3) is 7.12. The number of sulfonamides is 1. The van der Waals surface area contributed by atoms with Crippen molar-refractivity contribution in [1.82, 2.24) is 9.88 Å². The number of nitrogens with zero attached hydrogens (tertiary/aromatic N) is 5. The van der Waals surface area contributed by atoms with Crippen LogP contribution in [0.1, 0.15) is 29.2 Å². The van der Waals surface area contributed by atoms with E-state index in [4.69, 9.17) is 5.10 Å². The molecule has 1 N–H and O–H groups in total. The van der Waals surface area contributed by atoms with Crippen LogP contribution in [0.25, 0.3) is 6.08 Å². The van der Waals surface area contributed by atoms with Gasteiger partial charge >= 0.3 is 0 Å². The Morgan fingerprint density at radius 1 is 0.939 bits per heavy atom. The third-order valence-corrected chi connectivity index (χ3v) is 11.1. The molecule has 1 fully saturated rings. The number of benzene rings is 4. The van der Waals surface area contributed by atoms with Crippen LogP contribution in [0.4, 0.5) is 16.5 Å². The van der Waals surface area contributed by atoms with Gasteiger partial charge in [0, 0.05) is 24.5 Å². The molecule has 12 heteroatoms. The summed E-state index contributed by atoms with van der Waals surface area (Å²) >= 11 is 2.46. The number of thioether (sulfide) groups is 1. The molecular weight excluding hydrogens is 673 g/mol. The van der Waals surface area contributed by atoms with Crippen LogP contribution in [0.3, 0.4) is 0 Å². The third-order valence-electron chi connectivity index (χ3n) is 7.88. The molecule has 5 aromatic rings. The predicted molar refractivity (Wildman–Crippen MR) is 200 cm³/mol. The predicted octanol–water partition coefficient (Wildman–Crippen LogP) is 8.09. The first-order valence-electron chi connectivity index (χ1n) is 15.4. The van der Waals surface area contributed by atoms with Crippen molar-refractivity contribution in [2.45, 2.75) is 17.4 Å². The van der Waals surface area contributed by atoms with Crippen LogP contribution < -0.4 is 9.73 Å². The van der Waals surface area contributed by atoms with Crippen molar-refractivity contribution in [1.29, 1.82) is 0 Å². The Kier molecular flexibility index (Phi) is 9.25. The number of hydrogen-bond acceptors (Lipinski definition) is 9. The quantitative estimate of drug-likeness (QED) is 0.117. The number of nitrogens with one attached hydrogen (secondary N) is 1. The van der Waals surface area contributed by atoms with Crippen LogP contribution in [0, 0.1) is 0 Å². The first-order valence-corrected chi connectivity index (χ1v) is 18.6. The zero-order chi connectivity index (χ0) is 33.8. The lowest BCUT2D eigenvalue weighted by atomic mass is 9.98. The van der Waals surface area contributed by atoms with Gasteiger partial charge in [0.15, 0.2) is 10.3 Å². The molecule has 0 bridgehead atoms. The molecule has 0 aliphatic carbocycles. The summed E-state index contributed by atoms with van der Waals surface area (Å²) in [6.07, 6.45) is 5.82. The van der Waals surface area contributed by atoms with Gasteiger partial charge in [-0.05, 0) is 70.9 Å². The summed E-state index contributed by atoms with van der Waals surface area (Å²) < 4.78 is 27.9. The first kappa shape index (κ1) is 32.3. The van der Waals surface area contributed by atoms with Gasteiger partial charge in [0.2, 0.25) is 0 Å². The molecule has 2 aliphatic rings. The van der Waals surface area contributed by atoms with E-state index in [1.165, 1.54) is 47.0 Å². The van der Waals surface area contributed by atoms with Crippen molar-refractivity contribution in [2.75, 3.05) is 16.3 Å². The largest absolute Gasteiger partial charge is 0.283 e. The van der Waals surface area contributed by atoms with Gasteiger partial charge in [-0.1, -0.05) is 78.9 Å². The van der Waals surface area contributed by atoms with Crippen LogP contribution in [-0.4, -0.2) is 41.6 Å². The number of aromatic nitrogens is 1. The molecule has 49 heavy (non-hydrogen) atoms. The summed E-state index contributed by atoms with van der Waals surface area (Å²) in [5, 5.41) is 9.59. The number of thiazole rings is 1. The standard InChI is InChI=1S/C37H30N6O3S3/c1-2-22-42-35(44)34(48-37(42)39-29-15-19-31(20-16-29)49(45,46)41-36-38-21-23-47-36)24-26-13-17-30(18-14-26)43-33(28-11-7-4-8-12-28)25-32(40-43)27-9-5-3-6-10-27/h2-21,23-24,33H,1,22,25H2,(H,38,41). The minimum Gasteiger partial charge on any atom is -0.283 e. The van der Waals surface area contributed by atoms with Crippen molar-refractivity contribution in [2.24, 2.45) is 10.1 Å². The zero-order valence-electron chi connectivity index (χ0n) is 26.1. The second kappa shape index (κ2) is 14.0. The molecule has 2 aliphatic heterocycles. The molecule has 244 valence electrons. The van der Waals surface area contributed by atoms with Gasteiger partial charge in [-0.3, -0.25) is 19.4 Å². The monoisotopic (exact) mass is 702 g/mol. The molecule has 0 spiro atoms. The Morgan fingerprint density at radius 3 is 2.33 bits per heavy atom. The Hall–Kier alpha value is -5.30. The van der Waals surface area contributed by atoms with Crippen molar-refractivity contribution < 1.29 is 13.2 Å². The Balaban J connectivity index is 1.11. The minimum absolute atomic E-state index is 0.0576. The molecule has 0 saturated carbocycles.